The Labute approximate surface area is 105 Å². The van der Waals surface area contributed by atoms with Gasteiger partial charge in [-0.05, 0) is 32.3 Å². The summed E-state index contributed by atoms with van der Waals surface area (Å²) in [5.74, 6) is 0.916. The summed E-state index contributed by atoms with van der Waals surface area (Å²) in [4.78, 5) is 4.44. The Morgan fingerprint density at radius 3 is 3.17 bits per heavy atom. The molecule has 5 heteroatoms. The van der Waals surface area contributed by atoms with Crippen molar-refractivity contribution in [2.45, 2.75) is 44.4 Å². The lowest BCUT2D eigenvalue weighted by molar-refractivity contribution is 0.102. The molecule has 0 amide bonds. The van der Waals surface area contributed by atoms with Crippen molar-refractivity contribution in [3.63, 3.8) is 0 Å². The van der Waals surface area contributed by atoms with Crippen molar-refractivity contribution in [1.82, 2.24) is 14.6 Å². The van der Waals surface area contributed by atoms with Crippen LogP contribution in [0.25, 0.3) is 5.52 Å². The molecule has 2 aromatic heterocycles. The van der Waals surface area contributed by atoms with E-state index in [-0.39, 0.29) is 0 Å². The van der Waals surface area contributed by atoms with Crippen LogP contribution < -0.4 is 5.32 Å². The molecule has 2 fully saturated rings. The normalized spacial score (nSPS) is 30.2. The van der Waals surface area contributed by atoms with Gasteiger partial charge in [0.15, 0.2) is 5.82 Å². The molecule has 0 aromatic carbocycles. The quantitative estimate of drug-likeness (QED) is 0.874. The van der Waals surface area contributed by atoms with E-state index in [1.807, 2.05) is 17.6 Å². The highest BCUT2D eigenvalue weighted by molar-refractivity contribution is 5.68. The van der Waals surface area contributed by atoms with Crippen LogP contribution in [0, 0.1) is 6.92 Å². The Morgan fingerprint density at radius 2 is 2.39 bits per heavy atom. The molecule has 94 valence electrons. The first-order valence-electron chi connectivity index (χ1n) is 6.52. The smallest absolute Gasteiger partial charge is 0.152 e. The Morgan fingerprint density at radius 1 is 1.44 bits per heavy atom. The van der Waals surface area contributed by atoms with Crippen LogP contribution in [-0.2, 0) is 4.74 Å². The molecule has 2 aliphatic heterocycles. The van der Waals surface area contributed by atoms with Crippen LogP contribution in [0.4, 0.5) is 5.82 Å². The number of aromatic nitrogens is 3. The van der Waals surface area contributed by atoms with Crippen LogP contribution in [0.2, 0.25) is 0 Å². The number of fused-ring (bicyclic) bond motifs is 3. The highest BCUT2D eigenvalue weighted by Gasteiger charge is 2.40. The largest absolute Gasteiger partial charge is 0.373 e. The summed E-state index contributed by atoms with van der Waals surface area (Å²) in [5.41, 5.74) is 2.05. The molecule has 4 heterocycles. The first-order valence-corrected chi connectivity index (χ1v) is 6.52. The van der Waals surface area contributed by atoms with E-state index in [0.29, 0.717) is 18.2 Å². The predicted molar refractivity (Wildman–Crippen MR) is 67.6 cm³/mol. The third-order valence-electron chi connectivity index (χ3n) is 3.94. The molecular formula is C13H16N4O. The number of nitrogens with zero attached hydrogens (tertiary/aromatic N) is 3. The average Bonchev–Trinajstić information content (AvgIpc) is 3.02. The average molecular weight is 244 g/mol. The second-order valence-electron chi connectivity index (χ2n) is 5.25. The Balaban J connectivity index is 1.66. The molecular weight excluding hydrogens is 228 g/mol. The second kappa shape index (κ2) is 3.68. The van der Waals surface area contributed by atoms with E-state index in [4.69, 9.17) is 4.74 Å². The SMILES string of the molecule is Cc1cc2c(NC3CC4CCC3O4)nccn2n1. The molecule has 3 atom stereocenters. The third-order valence-corrected chi connectivity index (χ3v) is 3.94. The molecule has 1 N–H and O–H groups in total. The number of hydrogen-bond donors (Lipinski definition) is 1. The van der Waals surface area contributed by atoms with E-state index in [1.165, 1.54) is 12.8 Å². The standard InChI is InChI=1S/C13H16N4O/c1-8-6-11-13(14-4-5-17(11)16-8)15-10-7-9-2-3-12(10)18-9/h4-6,9-10,12H,2-3,7H2,1H3,(H,14,15). The van der Waals surface area contributed by atoms with Crippen LogP contribution in [0.5, 0.6) is 0 Å². The second-order valence-corrected chi connectivity index (χ2v) is 5.25. The number of ether oxygens (including phenoxy) is 1. The minimum Gasteiger partial charge on any atom is -0.373 e. The predicted octanol–water partition coefficient (Wildman–Crippen LogP) is 1.77. The summed E-state index contributed by atoms with van der Waals surface area (Å²) < 4.78 is 7.74. The zero-order valence-electron chi connectivity index (χ0n) is 10.3. The van der Waals surface area contributed by atoms with Gasteiger partial charge in [-0.15, -0.1) is 0 Å². The van der Waals surface area contributed by atoms with Gasteiger partial charge in [-0.25, -0.2) is 9.50 Å². The summed E-state index contributed by atoms with van der Waals surface area (Å²) in [5, 5.41) is 7.93. The number of nitrogens with one attached hydrogen (secondary N) is 1. The van der Waals surface area contributed by atoms with Gasteiger partial charge in [0.2, 0.25) is 0 Å². The van der Waals surface area contributed by atoms with E-state index >= 15 is 0 Å². The summed E-state index contributed by atoms with van der Waals surface area (Å²) in [6, 6.07) is 2.46. The van der Waals surface area contributed by atoms with Crippen LogP contribution in [0.3, 0.4) is 0 Å². The van der Waals surface area contributed by atoms with Crippen molar-refractivity contribution in [3.05, 3.63) is 24.2 Å². The van der Waals surface area contributed by atoms with Gasteiger partial charge in [0.05, 0.1) is 23.9 Å². The van der Waals surface area contributed by atoms with Crippen molar-refractivity contribution >= 4 is 11.3 Å². The lowest BCUT2D eigenvalue weighted by atomic mass is 9.95. The van der Waals surface area contributed by atoms with Gasteiger partial charge in [0.1, 0.15) is 5.52 Å². The highest BCUT2D eigenvalue weighted by Crippen LogP contribution is 2.36. The zero-order valence-corrected chi connectivity index (χ0v) is 10.3. The molecule has 5 nitrogen and oxygen atoms in total. The summed E-state index contributed by atoms with van der Waals surface area (Å²) >= 11 is 0. The molecule has 4 rings (SSSR count). The first kappa shape index (κ1) is 10.3. The van der Waals surface area contributed by atoms with Gasteiger partial charge >= 0.3 is 0 Å². The van der Waals surface area contributed by atoms with Crippen LogP contribution in [0.1, 0.15) is 25.0 Å². The molecule has 2 saturated heterocycles. The summed E-state index contributed by atoms with van der Waals surface area (Å²) in [6.07, 6.45) is 7.97. The Hall–Kier alpha value is -1.62. The maximum atomic E-state index is 5.86. The summed E-state index contributed by atoms with van der Waals surface area (Å²) in [6.45, 7) is 2.00. The number of rotatable bonds is 2. The molecule has 0 radical (unpaired) electrons. The van der Waals surface area contributed by atoms with Gasteiger partial charge < -0.3 is 10.1 Å². The van der Waals surface area contributed by atoms with E-state index in [2.05, 4.69) is 21.5 Å². The first-order chi connectivity index (χ1) is 8.79. The third kappa shape index (κ3) is 1.50. The van der Waals surface area contributed by atoms with E-state index < -0.39 is 0 Å². The van der Waals surface area contributed by atoms with Gasteiger partial charge in [-0.2, -0.15) is 5.10 Å². The van der Waals surface area contributed by atoms with Crippen LogP contribution in [-0.4, -0.2) is 32.8 Å². The lowest BCUT2D eigenvalue weighted by Crippen LogP contribution is -2.31. The molecule has 3 unspecified atom stereocenters. The van der Waals surface area contributed by atoms with Crippen molar-refractivity contribution in [2.75, 3.05) is 5.32 Å². The minimum atomic E-state index is 0.362. The van der Waals surface area contributed by atoms with Gasteiger partial charge in [-0.1, -0.05) is 0 Å². The van der Waals surface area contributed by atoms with Crippen molar-refractivity contribution in [1.29, 1.82) is 0 Å². The number of anilines is 1. The van der Waals surface area contributed by atoms with E-state index in [9.17, 15) is 0 Å². The number of hydrogen-bond acceptors (Lipinski definition) is 4. The van der Waals surface area contributed by atoms with Crippen molar-refractivity contribution < 1.29 is 4.74 Å². The topological polar surface area (TPSA) is 51.5 Å². The van der Waals surface area contributed by atoms with Gasteiger partial charge in [-0.3, -0.25) is 0 Å². The minimum absolute atomic E-state index is 0.362. The maximum Gasteiger partial charge on any atom is 0.152 e. The van der Waals surface area contributed by atoms with Crippen molar-refractivity contribution in [3.8, 4) is 0 Å². The van der Waals surface area contributed by atoms with Crippen molar-refractivity contribution in [2.24, 2.45) is 0 Å². The summed E-state index contributed by atoms with van der Waals surface area (Å²) in [7, 11) is 0. The highest BCUT2D eigenvalue weighted by atomic mass is 16.5. The Kier molecular flexibility index (Phi) is 2.11. The fraction of sp³-hybridized carbons (Fsp3) is 0.538. The number of aryl methyl sites for hydroxylation is 1. The molecule has 2 aliphatic rings. The molecule has 0 spiro atoms. The van der Waals surface area contributed by atoms with E-state index in [1.54, 1.807) is 6.20 Å². The van der Waals surface area contributed by atoms with Crippen LogP contribution >= 0.6 is 0 Å². The molecule has 2 aromatic rings. The molecule has 2 bridgehead atoms. The molecule has 18 heavy (non-hydrogen) atoms. The molecule has 0 aliphatic carbocycles. The maximum absolute atomic E-state index is 5.86. The zero-order chi connectivity index (χ0) is 12.1. The van der Waals surface area contributed by atoms with Crippen LogP contribution in [0.15, 0.2) is 18.5 Å². The lowest BCUT2D eigenvalue weighted by Gasteiger charge is -2.20. The fourth-order valence-electron chi connectivity index (χ4n) is 3.12. The van der Waals surface area contributed by atoms with E-state index in [0.717, 1.165) is 23.4 Å². The van der Waals surface area contributed by atoms with Gasteiger partial charge in [0, 0.05) is 12.4 Å². The monoisotopic (exact) mass is 244 g/mol. The molecule has 0 saturated carbocycles. The fourth-order valence-corrected chi connectivity index (χ4v) is 3.12. The van der Waals surface area contributed by atoms with Gasteiger partial charge in [0.25, 0.3) is 0 Å². The Bertz CT molecular complexity index is 594.